The van der Waals surface area contributed by atoms with Crippen molar-refractivity contribution in [1.29, 1.82) is 0 Å². The van der Waals surface area contributed by atoms with Crippen LogP contribution in [-0.4, -0.2) is 0 Å². The van der Waals surface area contributed by atoms with E-state index in [4.69, 9.17) is 0 Å². The highest BCUT2D eigenvalue weighted by Crippen LogP contribution is 2.49. The van der Waals surface area contributed by atoms with Crippen molar-refractivity contribution in [3.8, 4) is 22.3 Å². The molecule has 48 heavy (non-hydrogen) atoms. The molecule has 2 heteroatoms. The zero-order valence-corrected chi connectivity index (χ0v) is 27.1. The molecule has 226 valence electrons. The summed E-state index contributed by atoms with van der Waals surface area (Å²) in [7, 11) is -3.47. The van der Waals surface area contributed by atoms with Crippen molar-refractivity contribution < 1.29 is 4.57 Å². The topological polar surface area (TPSA) is 17.1 Å². The summed E-state index contributed by atoms with van der Waals surface area (Å²) < 4.78 is 16.7. The van der Waals surface area contributed by atoms with Crippen molar-refractivity contribution in [3.63, 3.8) is 0 Å². The summed E-state index contributed by atoms with van der Waals surface area (Å²) in [4.78, 5) is 0. The third kappa shape index (κ3) is 4.51. The van der Waals surface area contributed by atoms with Gasteiger partial charge in [0.05, 0.1) is 0 Å². The van der Waals surface area contributed by atoms with Crippen molar-refractivity contribution >= 4 is 66.1 Å². The predicted octanol–water partition coefficient (Wildman–Crippen LogP) is 11.3. The van der Waals surface area contributed by atoms with Crippen LogP contribution in [-0.2, 0) is 4.57 Å². The van der Waals surface area contributed by atoms with Crippen molar-refractivity contribution in [2.75, 3.05) is 0 Å². The summed E-state index contributed by atoms with van der Waals surface area (Å²) in [6, 6.07) is 65.6. The van der Waals surface area contributed by atoms with Crippen LogP contribution in [0.3, 0.4) is 0 Å². The summed E-state index contributed by atoms with van der Waals surface area (Å²) in [5.41, 5.74) is 4.48. The molecular weight excluding hydrogens is 599 g/mol. The molecule has 0 aromatic heterocycles. The van der Waals surface area contributed by atoms with Gasteiger partial charge in [0.2, 0.25) is 0 Å². The zero-order valence-electron chi connectivity index (χ0n) is 26.3. The lowest BCUT2D eigenvalue weighted by Gasteiger charge is -2.25. The second-order valence-corrected chi connectivity index (χ2v) is 15.1. The Bertz CT molecular complexity index is 2570. The average Bonchev–Trinajstić information content (AvgIpc) is 3.18. The minimum absolute atomic E-state index is 0.824. The molecule has 0 spiro atoms. The molecule has 9 rings (SSSR count). The molecule has 0 heterocycles. The molecule has 9 aromatic rings. The Morgan fingerprint density at radius 1 is 0.312 bits per heavy atom. The standard InChI is InChI=1S/C46H31OP/c47-48(37-27-23-34(24-28-37)32-13-3-1-4-14-32,38-29-25-35(26-30-38)33-15-5-2-6-16-33)46-39-18-8-7-17-36(39)31-44-42-21-10-9-19-40(42)41-20-11-12-22-43(41)45(44)46/h1-31H. The summed E-state index contributed by atoms with van der Waals surface area (Å²) in [5.74, 6) is 0. The first-order valence-electron chi connectivity index (χ1n) is 16.4. The third-order valence-corrected chi connectivity index (χ3v) is 12.9. The van der Waals surface area contributed by atoms with Gasteiger partial charge in [0.1, 0.15) is 0 Å². The smallest absolute Gasteiger partial charge is 0.172 e. The number of hydrogen-bond donors (Lipinski definition) is 0. The molecule has 0 saturated heterocycles. The molecular formula is C46H31OP. The van der Waals surface area contributed by atoms with Gasteiger partial charge in [0.25, 0.3) is 0 Å². The van der Waals surface area contributed by atoms with E-state index in [1.54, 1.807) is 0 Å². The van der Waals surface area contributed by atoms with Gasteiger partial charge in [-0.15, -0.1) is 0 Å². The van der Waals surface area contributed by atoms with Crippen LogP contribution in [0.1, 0.15) is 0 Å². The Kier molecular flexibility index (Phi) is 6.82. The average molecular weight is 631 g/mol. The summed E-state index contributed by atoms with van der Waals surface area (Å²) in [6.45, 7) is 0. The normalized spacial score (nSPS) is 11.8. The van der Waals surface area contributed by atoms with E-state index in [9.17, 15) is 0 Å². The fraction of sp³-hybridized carbons (Fsp3) is 0. The van der Waals surface area contributed by atoms with E-state index in [2.05, 4.69) is 176 Å². The lowest BCUT2D eigenvalue weighted by molar-refractivity contribution is 0.593. The quantitative estimate of drug-likeness (QED) is 0.105. The van der Waals surface area contributed by atoms with Crippen molar-refractivity contribution in [1.82, 2.24) is 0 Å². The van der Waals surface area contributed by atoms with Crippen LogP contribution in [0, 0.1) is 0 Å². The van der Waals surface area contributed by atoms with Crippen molar-refractivity contribution in [2.24, 2.45) is 0 Å². The van der Waals surface area contributed by atoms with Crippen LogP contribution in [0.2, 0.25) is 0 Å². The number of hydrogen-bond acceptors (Lipinski definition) is 1. The number of fused-ring (bicyclic) bond motifs is 7. The van der Waals surface area contributed by atoms with Gasteiger partial charge in [-0.1, -0.05) is 182 Å². The first-order valence-corrected chi connectivity index (χ1v) is 18.1. The van der Waals surface area contributed by atoms with E-state index in [0.29, 0.717) is 0 Å². The largest absolute Gasteiger partial charge is 0.309 e. The summed E-state index contributed by atoms with van der Waals surface area (Å²) >= 11 is 0. The van der Waals surface area contributed by atoms with Gasteiger partial charge < -0.3 is 4.57 Å². The molecule has 0 radical (unpaired) electrons. The van der Waals surface area contributed by atoms with Crippen LogP contribution in [0.15, 0.2) is 188 Å². The first-order chi connectivity index (χ1) is 23.7. The second kappa shape index (κ2) is 11.5. The summed E-state index contributed by atoms with van der Waals surface area (Å²) in [6.07, 6.45) is 0. The van der Waals surface area contributed by atoms with Crippen molar-refractivity contribution in [2.45, 2.75) is 0 Å². The molecule has 0 amide bonds. The molecule has 0 fully saturated rings. The van der Waals surface area contributed by atoms with E-state index in [1.807, 2.05) is 12.1 Å². The van der Waals surface area contributed by atoms with E-state index in [0.717, 1.165) is 65.1 Å². The Labute approximate surface area is 280 Å². The first kappa shape index (κ1) is 28.5. The minimum atomic E-state index is -3.47. The van der Waals surface area contributed by atoms with Gasteiger partial charge in [-0.2, -0.15) is 0 Å². The maximum atomic E-state index is 16.7. The van der Waals surface area contributed by atoms with Crippen LogP contribution < -0.4 is 15.9 Å². The molecule has 0 N–H and O–H groups in total. The van der Waals surface area contributed by atoms with Crippen LogP contribution >= 0.6 is 7.14 Å². The van der Waals surface area contributed by atoms with E-state index in [1.165, 1.54) is 16.2 Å². The highest BCUT2D eigenvalue weighted by Gasteiger charge is 2.34. The van der Waals surface area contributed by atoms with Gasteiger partial charge in [-0.3, -0.25) is 0 Å². The fourth-order valence-corrected chi connectivity index (χ4v) is 10.5. The molecule has 0 aliphatic heterocycles. The third-order valence-electron chi connectivity index (χ3n) is 9.72. The van der Waals surface area contributed by atoms with E-state index < -0.39 is 7.14 Å². The lowest BCUT2D eigenvalue weighted by Crippen LogP contribution is -2.26. The highest BCUT2D eigenvalue weighted by atomic mass is 31.2. The van der Waals surface area contributed by atoms with Gasteiger partial charge in [-0.25, -0.2) is 0 Å². The van der Waals surface area contributed by atoms with Crippen LogP contribution in [0.4, 0.5) is 0 Å². The molecule has 0 aliphatic carbocycles. The summed E-state index contributed by atoms with van der Waals surface area (Å²) in [5, 5.41) is 11.5. The maximum absolute atomic E-state index is 16.7. The monoisotopic (exact) mass is 630 g/mol. The zero-order chi connectivity index (χ0) is 32.1. The van der Waals surface area contributed by atoms with Gasteiger partial charge in [0.15, 0.2) is 7.14 Å². The second-order valence-electron chi connectivity index (χ2n) is 12.4. The number of rotatable bonds is 5. The van der Waals surface area contributed by atoms with E-state index >= 15 is 4.57 Å². The minimum Gasteiger partial charge on any atom is -0.309 e. The highest BCUT2D eigenvalue weighted by molar-refractivity contribution is 7.86. The van der Waals surface area contributed by atoms with Gasteiger partial charge in [0, 0.05) is 21.3 Å². The molecule has 9 aromatic carbocycles. The Morgan fingerprint density at radius 2 is 0.688 bits per heavy atom. The maximum Gasteiger partial charge on any atom is 0.172 e. The Balaban J connectivity index is 1.41. The SMILES string of the molecule is O=P(c1ccc(-c2ccccc2)cc1)(c1ccc(-c2ccccc2)cc1)c1c2ccccc2cc2c3ccccc3c3ccccc3c12. The van der Waals surface area contributed by atoms with Crippen LogP contribution in [0.5, 0.6) is 0 Å². The lowest BCUT2D eigenvalue weighted by atomic mass is 9.92. The van der Waals surface area contributed by atoms with Gasteiger partial charge >= 0.3 is 0 Å². The predicted molar refractivity (Wildman–Crippen MR) is 207 cm³/mol. The molecule has 0 aliphatic rings. The Morgan fingerprint density at radius 3 is 1.21 bits per heavy atom. The van der Waals surface area contributed by atoms with Gasteiger partial charge in [-0.05, 0) is 66.0 Å². The molecule has 0 saturated carbocycles. The molecule has 0 bridgehead atoms. The molecule has 1 nitrogen and oxygen atoms in total. The number of benzene rings is 9. The molecule has 0 atom stereocenters. The fourth-order valence-electron chi connectivity index (χ4n) is 7.43. The molecule has 0 unspecified atom stereocenters. The van der Waals surface area contributed by atoms with Crippen molar-refractivity contribution in [3.05, 3.63) is 188 Å². The Hall–Kier alpha value is -5.75. The van der Waals surface area contributed by atoms with E-state index in [-0.39, 0.29) is 0 Å². The van der Waals surface area contributed by atoms with Crippen LogP contribution in [0.25, 0.3) is 65.3 Å².